The Morgan fingerprint density at radius 3 is 2.76 bits per heavy atom. The largest absolute Gasteiger partial charge is 0.298 e. The van der Waals surface area contributed by atoms with Crippen LogP contribution in [0.25, 0.3) is 21.3 Å². The number of carbonyl (C=O) groups excluding carboxylic acids is 1. The molecule has 0 radical (unpaired) electrons. The fraction of sp³-hybridized carbons (Fsp3) is 0.222. The van der Waals surface area contributed by atoms with Crippen molar-refractivity contribution in [2.45, 2.75) is 20.8 Å². The Morgan fingerprint density at radius 1 is 1.16 bits per heavy atom. The number of hydrogen-bond donors (Lipinski definition) is 1. The predicted molar refractivity (Wildman–Crippen MR) is 100 cm³/mol. The van der Waals surface area contributed by atoms with Crippen molar-refractivity contribution in [2.75, 3.05) is 5.32 Å². The van der Waals surface area contributed by atoms with Crippen molar-refractivity contribution < 1.29 is 4.79 Å². The molecule has 1 aromatic carbocycles. The second kappa shape index (κ2) is 5.63. The number of aromatic nitrogens is 4. The molecular weight excluding hydrogens is 334 g/mol. The number of nitrogens with one attached hydrogen (secondary N) is 1. The smallest absolute Gasteiger partial charge is 0.258 e. The van der Waals surface area contributed by atoms with Gasteiger partial charge in [0, 0.05) is 12.7 Å². The molecular formula is C18H17N5OS. The van der Waals surface area contributed by atoms with E-state index in [9.17, 15) is 4.79 Å². The van der Waals surface area contributed by atoms with E-state index in [1.807, 2.05) is 40.0 Å². The molecule has 0 bridgehead atoms. The predicted octanol–water partition coefficient (Wildman–Crippen LogP) is 3.76. The summed E-state index contributed by atoms with van der Waals surface area (Å²) in [6, 6.07) is 7.85. The highest BCUT2D eigenvalue weighted by Gasteiger charge is 2.19. The lowest BCUT2D eigenvalue weighted by atomic mass is 10.1. The molecule has 7 heteroatoms. The van der Waals surface area contributed by atoms with Crippen LogP contribution in [0.1, 0.15) is 27.3 Å². The maximum absolute atomic E-state index is 12.9. The Labute approximate surface area is 148 Å². The van der Waals surface area contributed by atoms with Gasteiger partial charge in [0.1, 0.15) is 0 Å². The van der Waals surface area contributed by atoms with Gasteiger partial charge in [0.2, 0.25) is 0 Å². The fourth-order valence-electron chi connectivity index (χ4n) is 3.00. The second-order valence-electron chi connectivity index (χ2n) is 6.16. The number of hydrogen-bond acceptors (Lipinski definition) is 5. The van der Waals surface area contributed by atoms with Gasteiger partial charge in [-0.25, -0.2) is 9.97 Å². The van der Waals surface area contributed by atoms with Crippen LogP contribution in [-0.4, -0.2) is 25.7 Å². The SMILES string of the molecule is Cc1ccc2nc(NC(=O)c3cc(C)nc4c3c(C)nn4C)sc2c1. The number of pyridine rings is 1. The van der Waals surface area contributed by atoms with Crippen molar-refractivity contribution in [3.63, 3.8) is 0 Å². The minimum absolute atomic E-state index is 0.192. The third-order valence-electron chi connectivity index (χ3n) is 4.11. The van der Waals surface area contributed by atoms with Gasteiger partial charge in [-0.05, 0) is 44.5 Å². The lowest BCUT2D eigenvalue weighted by Gasteiger charge is -2.05. The summed E-state index contributed by atoms with van der Waals surface area (Å²) in [4.78, 5) is 21.9. The monoisotopic (exact) mass is 351 g/mol. The average molecular weight is 351 g/mol. The van der Waals surface area contributed by atoms with E-state index in [-0.39, 0.29) is 5.91 Å². The van der Waals surface area contributed by atoms with Gasteiger partial charge in [0.15, 0.2) is 10.8 Å². The van der Waals surface area contributed by atoms with Crippen molar-refractivity contribution in [3.05, 3.63) is 46.8 Å². The number of fused-ring (bicyclic) bond motifs is 2. The zero-order chi connectivity index (χ0) is 17.7. The molecule has 0 saturated carbocycles. The summed E-state index contributed by atoms with van der Waals surface area (Å²) in [5.74, 6) is -0.192. The molecule has 0 aliphatic carbocycles. The molecule has 25 heavy (non-hydrogen) atoms. The zero-order valence-corrected chi connectivity index (χ0v) is 15.2. The maximum Gasteiger partial charge on any atom is 0.258 e. The Kier molecular flexibility index (Phi) is 3.54. The van der Waals surface area contributed by atoms with Gasteiger partial charge in [-0.15, -0.1) is 0 Å². The summed E-state index contributed by atoms with van der Waals surface area (Å²) in [6.45, 7) is 5.80. The number of benzene rings is 1. The van der Waals surface area contributed by atoms with Crippen LogP contribution in [-0.2, 0) is 7.05 Å². The van der Waals surface area contributed by atoms with Crippen molar-refractivity contribution in [3.8, 4) is 0 Å². The van der Waals surface area contributed by atoms with Crippen LogP contribution in [0, 0.1) is 20.8 Å². The zero-order valence-electron chi connectivity index (χ0n) is 14.4. The molecule has 0 fully saturated rings. The minimum atomic E-state index is -0.192. The Balaban J connectivity index is 1.76. The maximum atomic E-state index is 12.9. The number of nitrogens with zero attached hydrogens (tertiary/aromatic N) is 4. The van der Waals surface area contributed by atoms with E-state index in [1.165, 1.54) is 16.9 Å². The van der Waals surface area contributed by atoms with Crippen LogP contribution in [0.4, 0.5) is 5.13 Å². The van der Waals surface area contributed by atoms with E-state index in [0.29, 0.717) is 16.3 Å². The highest BCUT2D eigenvalue weighted by atomic mass is 32.1. The molecule has 0 aliphatic heterocycles. The molecule has 1 N–H and O–H groups in total. The number of carbonyl (C=O) groups is 1. The van der Waals surface area contributed by atoms with Crippen molar-refractivity contribution >= 4 is 43.6 Å². The van der Waals surface area contributed by atoms with Crippen molar-refractivity contribution in [1.82, 2.24) is 19.7 Å². The second-order valence-corrected chi connectivity index (χ2v) is 7.19. The van der Waals surface area contributed by atoms with E-state index >= 15 is 0 Å². The molecule has 4 rings (SSSR count). The van der Waals surface area contributed by atoms with Gasteiger partial charge in [-0.2, -0.15) is 5.10 Å². The quantitative estimate of drug-likeness (QED) is 0.597. The highest BCUT2D eigenvalue weighted by molar-refractivity contribution is 7.22. The topological polar surface area (TPSA) is 72.7 Å². The third kappa shape index (κ3) is 2.66. The number of amides is 1. The van der Waals surface area contributed by atoms with Gasteiger partial charge in [0.25, 0.3) is 5.91 Å². The lowest BCUT2D eigenvalue weighted by Crippen LogP contribution is -2.13. The van der Waals surface area contributed by atoms with Gasteiger partial charge in [-0.1, -0.05) is 17.4 Å². The van der Waals surface area contributed by atoms with Crippen LogP contribution in [0.3, 0.4) is 0 Å². The fourth-order valence-corrected chi connectivity index (χ4v) is 3.96. The van der Waals surface area contributed by atoms with E-state index in [1.54, 1.807) is 10.7 Å². The molecule has 6 nitrogen and oxygen atoms in total. The van der Waals surface area contributed by atoms with Crippen molar-refractivity contribution in [2.24, 2.45) is 7.05 Å². The van der Waals surface area contributed by atoms with Gasteiger partial charge < -0.3 is 0 Å². The van der Waals surface area contributed by atoms with Crippen LogP contribution in [0.15, 0.2) is 24.3 Å². The number of anilines is 1. The molecule has 4 aromatic rings. The number of aryl methyl sites for hydroxylation is 4. The first-order valence-corrected chi connectivity index (χ1v) is 8.73. The first-order valence-electron chi connectivity index (χ1n) is 7.92. The molecule has 3 aromatic heterocycles. The Morgan fingerprint density at radius 2 is 1.96 bits per heavy atom. The molecule has 0 spiro atoms. The first-order chi connectivity index (χ1) is 11.9. The standard InChI is InChI=1S/C18H17N5OS/c1-9-5-6-13-14(7-9)25-18(20-13)21-17(24)12-8-10(2)19-16-15(12)11(3)22-23(16)4/h5-8H,1-4H3,(H,20,21,24). The van der Waals surface area contributed by atoms with E-state index in [0.717, 1.165) is 27.0 Å². The molecule has 0 saturated heterocycles. The highest BCUT2D eigenvalue weighted by Crippen LogP contribution is 2.28. The normalized spacial score (nSPS) is 11.4. The summed E-state index contributed by atoms with van der Waals surface area (Å²) in [7, 11) is 1.83. The molecule has 1 amide bonds. The van der Waals surface area contributed by atoms with Crippen LogP contribution < -0.4 is 5.32 Å². The summed E-state index contributed by atoms with van der Waals surface area (Å²) in [5, 5.41) is 8.69. The molecule has 3 heterocycles. The van der Waals surface area contributed by atoms with E-state index < -0.39 is 0 Å². The van der Waals surface area contributed by atoms with Gasteiger partial charge >= 0.3 is 0 Å². The van der Waals surface area contributed by atoms with Crippen molar-refractivity contribution in [1.29, 1.82) is 0 Å². The molecule has 0 atom stereocenters. The number of rotatable bonds is 2. The first kappa shape index (κ1) is 15.7. The van der Waals surface area contributed by atoms with Crippen LogP contribution >= 0.6 is 11.3 Å². The third-order valence-corrected chi connectivity index (χ3v) is 5.04. The Bertz CT molecular complexity index is 1140. The summed E-state index contributed by atoms with van der Waals surface area (Å²) >= 11 is 1.47. The van der Waals surface area contributed by atoms with E-state index in [4.69, 9.17) is 0 Å². The summed E-state index contributed by atoms with van der Waals surface area (Å²) in [5.41, 5.74) is 4.91. The molecule has 0 unspecified atom stereocenters. The van der Waals surface area contributed by atoms with Gasteiger partial charge in [-0.3, -0.25) is 14.8 Å². The average Bonchev–Trinajstić information content (AvgIpc) is 3.06. The summed E-state index contributed by atoms with van der Waals surface area (Å²) in [6.07, 6.45) is 0. The molecule has 126 valence electrons. The van der Waals surface area contributed by atoms with E-state index in [2.05, 4.69) is 26.4 Å². The Hall–Kier alpha value is -2.80. The van der Waals surface area contributed by atoms with Gasteiger partial charge in [0.05, 0.1) is 26.9 Å². The minimum Gasteiger partial charge on any atom is -0.298 e. The number of thiazole rings is 1. The molecule has 0 aliphatic rings. The van der Waals surface area contributed by atoms with Crippen LogP contribution in [0.5, 0.6) is 0 Å². The summed E-state index contributed by atoms with van der Waals surface area (Å²) < 4.78 is 2.76. The lowest BCUT2D eigenvalue weighted by molar-refractivity contribution is 0.102. The van der Waals surface area contributed by atoms with Crippen LogP contribution in [0.2, 0.25) is 0 Å².